The number of anilines is 1. The first-order valence-electron chi connectivity index (χ1n) is 15.3. The second kappa shape index (κ2) is 10.9. The highest BCUT2D eigenvalue weighted by Crippen LogP contribution is 2.49. The third-order valence-corrected chi connectivity index (χ3v) is 9.52. The number of likely N-dealkylation sites (tertiary alicyclic amines) is 1. The van der Waals surface area contributed by atoms with Gasteiger partial charge >= 0.3 is 0 Å². The van der Waals surface area contributed by atoms with E-state index in [2.05, 4.69) is 65.3 Å². The van der Waals surface area contributed by atoms with Crippen LogP contribution in [0.5, 0.6) is 5.75 Å². The predicted molar refractivity (Wildman–Crippen MR) is 168 cm³/mol. The first-order valence-corrected chi connectivity index (χ1v) is 15.3. The normalized spacial score (nSPS) is 17.4. The van der Waals surface area contributed by atoms with E-state index in [0.29, 0.717) is 23.9 Å². The minimum absolute atomic E-state index is 0.0493. The Kier molecular flexibility index (Phi) is 7.06. The lowest BCUT2D eigenvalue weighted by Crippen LogP contribution is -2.45. The van der Waals surface area contributed by atoms with E-state index in [9.17, 15) is 4.79 Å². The molecule has 0 unspecified atom stereocenters. The molecule has 1 fully saturated rings. The van der Waals surface area contributed by atoms with E-state index in [1.165, 1.54) is 11.1 Å². The Morgan fingerprint density at radius 3 is 2.42 bits per heavy atom. The number of likely N-dealkylation sites (N-methyl/N-ethyl adjacent to an activating group) is 1. The van der Waals surface area contributed by atoms with Crippen molar-refractivity contribution in [2.24, 2.45) is 0 Å². The second-order valence-corrected chi connectivity index (χ2v) is 12.6. The summed E-state index contributed by atoms with van der Waals surface area (Å²) in [6.45, 7) is 9.66. The lowest BCUT2D eigenvalue weighted by atomic mass is 9.74. The summed E-state index contributed by atoms with van der Waals surface area (Å²) >= 11 is 0. The van der Waals surface area contributed by atoms with Gasteiger partial charge in [-0.25, -0.2) is 0 Å². The molecule has 1 amide bonds. The van der Waals surface area contributed by atoms with Crippen LogP contribution in [-0.4, -0.2) is 79.3 Å². The molecule has 4 heterocycles. The minimum atomic E-state index is 0.0493. The van der Waals surface area contributed by atoms with Crippen LogP contribution in [0.4, 0.5) is 5.69 Å². The smallest absolute Gasteiger partial charge is 0.258 e. The zero-order chi connectivity index (χ0) is 29.7. The standard InChI is InChI=1S/C35H39N5O3/c1-23-19-28(33-37-36-24(2)43-33)9-10-29(23)25-5-7-26(8-6-25)34(41)40-14-11-27-20-32-30(21-31(27)40)35(22-42-32)12-15-39(16-13-35)18-17-38(3)4/h5-10,19-21H,11-18,22H2,1-4H3. The summed E-state index contributed by atoms with van der Waals surface area (Å²) in [5.41, 5.74) is 8.48. The van der Waals surface area contributed by atoms with Crippen LogP contribution in [0.15, 0.2) is 59.0 Å². The Bertz CT molecular complexity index is 1670. The quantitative estimate of drug-likeness (QED) is 0.299. The van der Waals surface area contributed by atoms with Gasteiger partial charge in [0.2, 0.25) is 11.8 Å². The number of ether oxygens (including phenoxy) is 1. The molecule has 43 heavy (non-hydrogen) atoms. The Balaban J connectivity index is 1.08. The summed E-state index contributed by atoms with van der Waals surface area (Å²) in [7, 11) is 4.27. The average Bonchev–Trinajstić information content (AvgIpc) is 3.73. The Morgan fingerprint density at radius 1 is 0.953 bits per heavy atom. The fourth-order valence-corrected chi connectivity index (χ4v) is 6.89. The van der Waals surface area contributed by atoms with Gasteiger partial charge in [0.25, 0.3) is 5.91 Å². The van der Waals surface area contributed by atoms with E-state index in [4.69, 9.17) is 9.15 Å². The number of rotatable bonds is 6. The van der Waals surface area contributed by atoms with E-state index in [0.717, 1.165) is 85.7 Å². The first-order chi connectivity index (χ1) is 20.8. The number of nitrogens with zero attached hydrogens (tertiary/aromatic N) is 5. The van der Waals surface area contributed by atoms with Crippen molar-refractivity contribution < 1.29 is 13.9 Å². The molecule has 3 aliphatic heterocycles. The second-order valence-electron chi connectivity index (χ2n) is 12.6. The summed E-state index contributed by atoms with van der Waals surface area (Å²) in [5, 5.41) is 8.07. The molecule has 8 nitrogen and oxygen atoms in total. The molecule has 3 aromatic carbocycles. The highest BCUT2D eigenvalue weighted by molar-refractivity contribution is 6.07. The molecule has 0 bridgehead atoms. The van der Waals surface area contributed by atoms with Crippen LogP contribution in [0.2, 0.25) is 0 Å². The van der Waals surface area contributed by atoms with Crippen LogP contribution in [0.1, 0.15) is 45.8 Å². The third kappa shape index (κ3) is 5.12. The lowest BCUT2D eigenvalue weighted by molar-refractivity contribution is 0.0989. The molecule has 8 heteroatoms. The molecule has 1 spiro atoms. The molecule has 3 aliphatic rings. The molecule has 0 saturated carbocycles. The first kappa shape index (κ1) is 27.8. The van der Waals surface area contributed by atoms with E-state index < -0.39 is 0 Å². The number of aromatic nitrogens is 2. The maximum Gasteiger partial charge on any atom is 0.258 e. The van der Waals surface area contributed by atoms with Gasteiger partial charge in [-0.15, -0.1) is 10.2 Å². The summed E-state index contributed by atoms with van der Waals surface area (Å²) in [6, 6.07) is 18.6. The van der Waals surface area contributed by atoms with Crippen LogP contribution >= 0.6 is 0 Å². The number of hydrogen-bond acceptors (Lipinski definition) is 7. The molecule has 0 N–H and O–H groups in total. The third-order valence-electron chi connectivity index (χ3n) is 9.52. The van der Waals surface area contributed by atoms with Gasteiger partial charge in [-0.3, -0.25) is 4.79 Å². The number of fused-ring (bicyclic) bond motifs is 3. The average molecular weight is 578 g/mol. The molecular weight excluding hydrogens is 538 g/mol. The Hall–Kier alpha value is -4.01. The summed E-state index contributed by atoms with van der Waals surface area (Å²) in [5.74, 6) is 2.14. The number of piperidine rings is 1. The lowest BCUT2D eigenvalue weighted by Gasteiger charge is -2.39. The SMILES string of the molecule is Cc1nnc(-c2ccc(-c3ccc(C(=O)N4CCc5cc6c(cc54)C4(CCN(CCN(C)C)CC4)CO6)cc3)c(C)c2)o1. The Morgan fingerprint density at radius 2 is 1.72 bits per heavy atom. The van der Waals surface area contributed by atoms with Gasteiger partial charge < -0.3 is 23.9 Å². The van der Waals surface area contributed by atoms with E-state index in [1.54, 1.807) is 6.92 Å². The van der Waals surface area contributed by atoms with Gasteiger partial charge in [0.05, 0.1) is 6.61 Å². The number of carbonyl (C=O) groups is 1. The van der Waals surface area contributed by atoms with Crippen molar-refractivity contribution >= 4 is 11.6 Å². The number of amides is 1. The van der Waals surface area contributed by atoms with Gasteiger partial charge in [-0.1, -0.05) is 18.2 Å². The summed E-state index contributed by atoms with van der Waals surface area (Å²) in [4.78, 5) is 20.6. The van der Waals surface area contributed by atoms with E-state index >= 15 is 0 Å². The van der Waals surface area contributed by atoms with Crippen LogP contribution in [-0.2, 0) is 11.8 Å². The van der Waals surface area contributed by atoms with Crippen molar-refractivity contribution in [3.8, 4) is 28.3 Å². The van der Waals surface area contributed by atoms with Crippen molar-refractivity contribution in [1.82, 2.24) is 20.0 Å². The zero-order valence-electron chi connectivity index (χ0n) is 25.5. The monoisotopic (exact) mass is 577 g/mol. The largest absolute Gasteiger partial charge is 0.492 e. The van der Waals surface area contributed by atoms with Crippen molar-refractivity contribution in [2.45, 2.75) is 38.5 Å². The van der Waals surface area contributed by atoms with Crippen LogP contribution in [0.3, 0.4) is 0 Å². The number of carbonyl (C=O) groups excluding carboxylic acids is 1. The van der Waals surface area contributed by atoms with Gasteiger partial charge in [0.15, 0.2) is 0 Å². The van der Waals surface area contributed by atoms with E-state index in [-0.39, 0.29) is 11.3 Å². The predicted octanol–water partition coefficient (Wildman–Crippen LogP) is 5.51. The fourth-order valence-electron chi connectivity index (χ4n) is 6.89. The van der Waals surface area contributed by atoms with Crippen molar-refractivity contribution in [1.29, 1.82) is 0 Å². The Labute approximate surface area is 253 Å². The van der Waals surface area contributed by atoms with Crippen molar-refractivity contribution in [3.63, 3.8) is 0 Å². The van der Waals surface area contributed by atoms with Crippen LogP contribution < -0.4 is 9.64 Å². The molecule has 1 aromatic heterocycles. The zero-order valence-corrected chi connectivity index (χ0v) is 25.5. The van der Waals surface area contributed by atoms with Crippen molar-refractivity contribution in [2.75, 3.05) is 58.3 Å². The summed E-state index contributed by atoms with van der Waals surface area (Å²) in [6.07, 6.45) is 3.04. The fraction of sp³-hybridized carbons (Fsp3) is 0.400. The molecular formula is C35H39N5O3. The molecule has 7 rings (SSSR count). The van der Waals surface area contributed by atoms with Gasteiger partial charge in [-0.05, 0) is 112 Å². The molecule has 4 aromatic rings. The molecule has 222 valence electrons. The maximum absolute atomic E-state index is 13.8. The van der Waals surface area contributed by atoms with Gasteiger partial charge in [0.1, 0.15) is 5.75 Å². The van der Waals surface area contributed by atoms with Crippen LogP contribution in [0, 0.1) is 13.8 Å². The van der Waals surface area contributed by atoms with Gasteiger partial charge in [-0.2, -0.15) is 0 Å². The molecule has 0 radical (unpaired) electrons. The number of hydrogen-bond donors (Lipinski definition) is 0. The van der Waals surface area contributed by atoms with Crippen molar-refractivity contribution in [3.05, 3.63) is 82.7 Å². The topological polar surface area (TPSA) is 74.9 Å². The number of aryl methyl sites for hydroxylation is 2. The molecule has 0 atom stereocenters. The molecule has 1 saturated heterocycles. The summed E-state index contributed by atoms with van der Waals surface area (Å²) < 4.78 is 11.9. The van der Waals surface area contributed by atoms with E-state index in [1.807, 2.05) is 35.2 Å². The highest BCUT2D eigenvalue weighted by Gasteiger charge is 2.44. The molecule has 0 aliphatic carbocycles. The van der Waals surface area contributed by atoms with Crippen LogP contribution in [0.25, 0.3) is 22.6 Å². The maximum atomic E-state index is 13.8. The van der Waals surface area contributed by atoms with Gasteiger partial charge in [0, 0.05) is 54.4 Å². The minimum Gasteiger partial charge on any atom is -0.492 e. The number of benzene rings is 3. The highest BCUT2D eigenvalue weighted by atomic mass is 16.5.